The van der Waals surface area contributed by atoms with Crippen LogP contribution in [0.1, 0.15) is 35.3 Å². The van der Waals surface area contributed by atoms with Crippen LogP contribution in [0.4, 0.5) is 0 Å². The molecule has 92 valence electrons. The first-order valence-corrected chi connectivity index (χ1v) is 6.03. The lowest BCUT2D eigenvalue weighted by Crippen LogP contribution is -2.16. The molecule has 1 aromatic rings. The van der Waals surface area contributed by atoms with Gasteiger partial charge in [0, 0.05) is 12.7 Å². The van der Waals surface area contributed by atoms with Crippen molar-refractivity contribution in [3.05, 3.63) is 29.6 Å². The molecule has 0 radical (unpaired) electrons. The molecule has 4 heteroatoms. The van der Waals surface area contributed by atoms with Crippen molar-refractivity contribution >= 4 is 5.97 Å². The molecule has 0 aromatic carbocycles. The number of pyridine rings is 1. The fourth-order valence-electron chi connectivity index (χ4n) is 1.70. The van der Waals surface area contributed by atoms with Gasteiger partial charge in [-0.15, -0.1) is 0 Å². The third kappa shape index (κ3) is 3.82. The standard InChI is InChI=1S/C13H18N2O2/c1-17-13(16)11-4-5-12(15-8-11)9-14-7-6-10-2-3-10/h4-5,8,10,14H,2-3,6-7,9H2,1H3. The van der Waals surface area contributed by atoms with E-state index < -0.39 is 0 Å². The molecular weight excluding hydrogens is 216 g/mol. The van der Waals surface area contributed by atoms with E-state index in [0.717, 1.165) is 24.7 Å². The normalized spacial score (nSPS) is 14.6. The van der Waals surface area contributed by atoms with E-state index in [4.69, 9.17) is 0 Å². The lowest BCUT2D eigenvalue weighted by Gasteiger charge is -2.04. The Morgan fingerprint density at radius 2 is 2.35 bits per heavy atom. The lowest BCUT2D eigenvalue weighted by atomic mass is 10.2. The lowest BCUT2D eigenvalue weighted by molar-refractivity contribution is 0.0600. The molecule has 1 saturated carbocycles. The maximum Gasteiger partial charge on any atom is 0.339 e. The van der Waals surface area contributed by atoms with E-state index in [-0.39, 0.29) is 5.97 Å². The number of hydrogen-bond acceptors (Lipinski definition) is 4. The Morgan fingerprint density at radius 3 is 2.94 bits per heavy atom. The molecule has 0 unspecified atom stereocenters. The van der Waals surface area contributed by atoms with Gasteiger partial charge in [-0.1, -0.05) is 12.8 Å². The number of nitrogens with zero attached hydrogens (tertiary/aromatic N) is 1. The summed E-state index contributed by atoms with van der Waals surface area (Å²) in [6, 6.07) is 3.60. The van der Waals surface area contributed by atoms with Gasteiger partial charge in [0.05, 0.1) is 18.4 Å². The summed E-state index contributed by atoms with van der Waals surface area (Å²) in [5.41, 5.74) is 1.45. The molecule has 0 bridgehead atoms. The maximum absolute atomic E-state index is 11.2. The molecule has 0 aliphatic heterocycles. The summed E-state index contributed by atoms with van der Waals surface area (Å²) in [6.45, 7) is 1.80. The number of carbonyl (C=O) groups is 1. The molecule has 1 N–H and O–H groups in total. The minimum Gasteiger partial charge on any atom is -0.465 e. The smallest absolute Gasteiger partial charge is 0.339 e. The van der Waals surface area contributed by atoms with Crippen molar-refractivity contribution in [3.8, 4) is 0 Å². The highest BCUT2D eigenvalue weighted by atomic mass is 16.5. The van der Waals surface area contributed by atoms with Gasteiger partial charge in [0.1, 0.15) is 0 Å². The van der Waals surface area contributed by atoms with Crippen LogP contribution in [0.15, 0.2) is 18.3 Å². The van der Waals surface area contributed by atoms with Crippen LogP contribution in [-0.4, -0.2) is 24.6 Å². The van der Waals surface area contributed by atoms with Gasteiger partial charge in [-0.3, -0.25) is 4.98 Å². The van der Waals surface area contributed by atoms with E-state index in [0.29, 0.717) is 5.56 Å². The zero-order valence-corrected chi connectivity index (χ0v) is 10.1. The third-order valence-corrected chi connectivity index (χ3v) is 2.98. The van der Waals surface area contributed by atoms with Crippen molar-refractivity contribution in [1.29, 1.82) is 0 Å². The summed E-state index contributed by atoms with van der Waals surface area (Å²) in [5.74, 6) is 0.614. The quantitative estimate of drug-likeness (QED) is 0.602. The first-order chi connectivity index (χ1) is 8.29. The maximum atomic E-state index is 11.2. The Kier molecular flexibility index (Phi) is 4.09. The number of carbonyl (C=O) groups excluding carboxylic acids is 1. The molecule has 4 nitrogen and oxygen atoms in total. The van der Waals surface area contributed by atoms with E-state index >= 15 is 0 Å². The third-order valence-electron chi connectivity index (χ3n) is 2.98. The fraction of sp³-hybridized carbons (Fsp3) is 0.538. The summed E-state index contributed by atoms with van der Waals surface area (Å²) >= 11 is 0. The van der Waals surface area contributed by atoms with E-state index in [1.165, 1.54) is 26.4 Å². The molecule has 1 aromatic heterocycles. The minimum atomic E-state index is -0.342. The van der Waals surface area contributed by atoms with Gasteiger partial charge in [-0.2, -0.15) is 0 Å². The minimum absolute atomic E-state index is 0.342. The molecule has 1 aliphatic carbocycles. The van der Waals surface area contributed by atoms with Gasteiger partial charge in [-0.05, 0) is 31.0 Å². The molecular formula is C13H18N2O2. The Balaban J connectivity index is 1.74. The van der Waals surface area contributed by atoms with Gasteiger partial charge in [0.25, 0.3) is 0 Å². The Morgan fingerprint density at radius 1 is 1.53 bits per heavy atom. The number of aromatic nitrogens is 1. The second-order valence-corrected chi connectivity index (χ2v) is 4.44. The second kappa shape index (κ2) is 5.77. The number of hydrogen-bond donors (Lipinski definition) is 1. The SMILES string of the molecule is COC(=O)c1ccc(CNCCC2CC2)nc1. The molecule has 0 saturated heterocycles. The van der Waals surface area contributed by atoms with E-state index in [1.54, 1.807) is 12.3 Å². The molecule has 1 heterocycles. The van der Waals surface area contributed by atoms with E-state index in [9.17, 15) is 4.79 Å². The molecule has 0 spiro atoms. The highest BCUT2D eigenvalue weighted by Crippen LogP contribution is 2.31. The highest BCUT2D eigenvalue weighted by molar-refractivity contribution is 5.88. The Hall–Kier alpha value is -1.42. The van der Waals surface area contributed by atoms with Crippen molar-refractivity contribution in [1.82, 2.24) is 10.3 Å². The van der Waals surface area contributed by atoms with Crippen LogP contribution < -0.4 is 5.32 Å². The summed E-state index contributed by atoms with van der Waals surface area (Å²) < 4.78 is 4.61. The van der Waals surface area contributed by atoms with E-state index in [2.05, 4.69) is 15.0 Å². The average Bonchev–Trinajstić information content (AvgIpc) is 3.18. The van der Waals surface area contributed by atoms with Gasteiger partial charge in [0.2, 0.25) is 0 Å². The summed E-state index contributed by atoms with van der Waals surface area (Å²) in [6.07, 6.45) is 5.62. The Labute approximate surface area is 101 Å². The molecule has 1 aliphatic rings. The first kappa shape index (κ1) is 12.0. The molecule has 17 heavy (non-hydrogen) atoms. The van der Waals surface area contributed by atoms with Crippen molar-refractivity contribution in [2.45, 2.75) is 25.8 Å². The molecule has 0 amide bonds. The zero-order chi connectivity index (χ0) is 12.1. The Bertz CT molecular complexity index is 372. The highest BCUT2D eigenvalue weighted by Gasteiger charge is 2.19. The first-order valence-electron chi connectivity index (χ1n) is 6.03. The largest absolute Gasteiger partial charge is 0.465 e. The number of ether oxygens (including phenoxy) is 1. The van der Waals surface area contributed by atoms with E-state index in [1.807, 2.05) is 6.07 Å². The van der Waals surface area contributed by atoms with Crippen LogP contribution in [0.5, 0.6) is 0 Å². The zero-order valence-electron chi connectivity index (χ0n) is 10.1. The summed E-state index contributed by atoms with van der Waals surface area (Å²) in [7, 11) is 1.37. The molecule has 2 rings (SSSR count). The van der Waals surface area contributed by atoms with Crippen LogP contribution in [0.2, 0.25) is 0 Å². The van der Waals surface area contributed by atoms with Crippen LogP contribution >= 0.6 is 0 Å². The number of nitrogens with one attached hydrogen (secondary N) is 1. The van der Waals surface area contributed by atoms with Crippen LogP contribution in [0, 0.1) is 5.92 Å². The van der Waals surface area contributed by atoms with Gasteiger partial charge in [-0.25, -0.2) is 4.79 Å². The predicted octanol–water partition coefficient (Wildman–Crippen LogP) is 1.76. The number of esters is 1. The van der Waals surface area contributed by atoms with Crippen LogP contribution in [0.25, 0.3) is 0 Å². The van der Waals surface area contributed by atoms with Crippen molar-refractivity contribution in [2.75, 3.05) is 13.7 Å². The molecule has 0 atom stereocenters. The fourth-order valence-corrected chi connectivity index (χ4v) is 1.70. The van der Waals surface area contributed by atoms with Crippen molar-refractivity contribution in [3.63, 3.8) is 0 Å². The van der Waals surface area contributed by atoms with Gasteiger partial charge < -0.3 is 10.1 Å². The van der Waals surface area contributed by atoms with Gasteiger partial charge in [0.15, 0.2) is 0 Å². The van der Waals surface area contributed by atoms with Crippen molar-refractivity contribution < 1.29 is 9.53 Å². The predicted molar refractivity (Wildman–Crippen MR) is 64.6 cm³/mol. The monoisotopic (exact) mass is 234 g/mol. The number of methoxy groups -OCH3 is 1. The topological polar surface area (TPSA) is 51.2 Å². The summed E-state index contributed by atoms with van der Waals surface area (Å²) in [4.78, 5) is 15.4. The second-order valence-electron chi connectivity index (χ2n) is 4.44. The van der Waals surface area contributed by atoms with Gasteiger partial charge >= 0.3 is 5.97 Å². The van der Waals surface area contributed by atoms with Crippen molar-refractivity contribution in [2.24, 2.45) is 5.92 Å². The summed E-state index contributed by atoms with van der Waals surface area (Å²) in [5, 5.41) is 3.36. The molecule has 1 fully saturated rings. The van der Waals surface area contributed by atoms with Crippen LogP contribution in [0.3, 0.4) is 0 Å². The van der Waals surface area contributed by atoms with Crippen LogP contribution in [-0.2, 0) is 11.3 Å². The number of rotatable bonds is 6. The average molecular weight is 234 g/mol.